The van der Waals surface area contributed by atoms with E-state index in [1.807, 2.05) is 0 Å². The first kappa shape index (κ1) is 21.7. The molecule has 1 unspecified atom stereocenters. The molecular formula is C22H19Cl2NO5S. The average molecular weight is 480 g/mol. The molecule has 0 N–H and O–H groups in total. The second kappa shape index (κ2) is 8.94. The van der Waals surface area contributed by atoms with E-state index in [-0.39, 0.29) is 24.0 Å². The van der Waals surface area contributed by atoms with Gasteiger partial charge in [0.15, 0.2) is 9.84 Å². The van der Waals surface area contributed by atoms with E-state index in [2.05, 4.69) is 0 Å². The predicted molar refractivity (Wildman–Crippen MR) is 120 cm³/mol. The van der Waals surface area contributed by atoms with Crippen LogP contribution in [0.2, 0.25) is 10.0 Å². The summed E-state index contributed by atoms with van der Waals surface area (Å²) in [5.74, 6) is 1.22. The summed E-state index contributed by atoms with van der Waals surface area (Å²) in [6.07, 6.45) is 4.83. The maximum Gasteiger partial charge on any atom is 0.247 e. The maximum atomic E-state index is 12.9. The van der Waals surface area contributed by atoms with Crippen molar-refractivity contribution in [3.05, 3.63) is 76.4 Å². The van der Waals surface area contributed by atoms with Gasteiger partial charge >= 0.3 is 0 Å². The Balaban J connectivity index is 1.58. The monoisotopic (exact) mass is 479 g/mol. The standard InChI is InChI=1S/C22H19Cl2NO5S/c23-15-3-6-20(24)19(12-15)21-7-4-18(30-21)13-25(16-9-11-31(27,28)14-16)22(26)8-5-17-2-1-10-29-17/h1-8,10,12,16H,9,11,13-14H2. The quantitative estimate of drug-likeness (QED) is 0.460. The summed E-state index contributed by atoms with van der Waals surface area (Å²) >= 11 is 12.3. The second-order valence-corrected chi connectivity index (χ2v) is 10.3. The van der Waals surface area contributed by atoms with E-state index in [9.17, 15) is 13.2 Å². The van der Waals surface area contributed by atoms with Crippen LogP contribution in [0.5, 0.6) is 0 Å². The fourth-order valence-electron chi connectivity index (χ4n) is 3.51. The lowest BCUT2D eigenvalue weighted by atomic mass is 10.2. The highest BCUT2D eigenvalue weighted by molar-refractivity contribution is 7.91. The molecule has 1 saturated heterocycles. The van der Waals surface area contributed by atoms with Crippen LogP contribution in [0, 0.1) is 0 Å². The van der Waals surface area contributed by atoms with Gasteiger partial charge in [-0.2, -0.15) is 0 Å². The molecule has 0 bridgehead atoms. The summed E-state index contributed by atoms with van der Waals surface area (Å²) in [5.41, 5.74) is 0.638. The van der Waals surface area contributed by atoms with E-state index in [1.165, 1.54) is 17.2 Å². The number of rotatable bonds is 6. The zero-order valence-corrected chi connectivity index (χ0v) is 18.7. The van der Waals surface area contributed by atoms with Crippen LogP contribution in [0.4, 0.5) is 0 Å². The zero-order chi connectivity index (χ0) is 22.0. The number of amides is 1. The molecule has 4 rings (SSSR count). The van der Waals surface area contributed by atoms with Crippen molar-refractivity contribution in [1.29, 1.82) is 0 Å². The Morgan fingerprint density at radius 1 is 1.19 bits per heavy atom. The third-order valence-corrected chi connectivity index (χ3v) is 7.36. The van der Waals surface area contributed by atoms with Gasteiger partial charge in [-0.3, -0.25) is 4.79 Å². The number of furan rings is 2. The van der Waals surface area contributed by atoms with Crippen LogP contribution >= 0.6 is 23.2 Å². The molecule has 0 saturated carbocycles. The molecule has 9 heteroatoms. The Kier molecular flexibility index (Phi) is 6.27. The molecule has 1 fully saturated rings. The Hall–Kier alpha value is -2.48. The highest BCUT2D eigenvalue weighted by atomic mass is 35.5. The van der Waals surface area contributed by atoms with Gasteiger partial charge in [-0.25, -0.2) is 8.42 Å². The minimum atomic E-state index is -3.17. The molecule has 1 aromatic carbocycles. The van der Waals surface area contributed by atoms with Crippen molar-refractivity contribution >= 4 is 45.0 Å². The Labute approximate surface area is 190 Å². The minimum absolute atomic E-state index is 0.0604. The number of nitrogens with zero attached hydrogens (tertiary/aromatic N) is 1. The molecular weight excluding hydrogens is 461 g/mol. The van der Waals surface area contributed by atoms with Crippen molar-refractivity contribution in [2.75, 3.05) is 11.5 Å². The van der Waals surface area contributed by atoms with E-state index in [0.29, 0.717) is 39.3 Å². The average Bonchev–Trinajstić information content (AvgIpc) is 3.47. The molecule has 0 aliphatic carbocycles. The second-order valence-electron chi connectivity index (χ2n) is 7.26. The van der Waals surface area contributed by atoms with Crippen molar-refractivity contribution in [2.45, 2.75) is 19.0 Å². The van der Waals surface area contributed by atoms with Gasteiger partial charge < -0.3 is 13.7 Å². The van der Waals surface area contributed by atoms with Gasteiger partial charge in [0.05, 0.1) is 29.3 Å². The van der Waals surface area contributed by atoms with Gasteiger partial charge in [0.25, 0.3) is 0 Å². The van der Waals surface area contributed by atoms with Crippen molar-refractivity contribution in [1.82, 2.24) is 4.90 Å². The molecule has 31 heavy (non-hydrogen) atoms. The van der Waals surface area contributed by atoms with Crippen LogP contribution in [-0.2, 0) is 21.2 Å². The molecule has 2 aromatic heterocycles. The summed E-state index contributed by atoms with van der Waals surface area (Å²) in [5, 5.41) is 1.01. The predicted octanol–water partition coefficient (Wildman–Crippen LogP) is 5.08. The molecule has 1 amide bonds. The zero-order valence-electron chi connectivity index (χ0n) is 16.3. The van der Waals surface area contributed by atoms with E-state index in [4.69, 9.17) is 32.0 Å². The first-order valence-electron chi connectivity index (χ1n) is 9.57. The van der Waals surface area contributed by atoms with Gasteiger partial charge in [-0.1, -0.05) is 23.2 Å². The largest absolute Gasteiger partial charge is 0.465 e. The van der Waals surface area contributed by atoms with Crippen LogP contribution < -0.4 is 0 Å². The van der Waals surface area contributed by atoms with Crippen LogP contribution in [0.3, 0.4) is 0 Å². The summed E-state index contributed by atoms with van der Waals surface area (Å²) in [7, 11) is -3.17. The first-order valence-corrected chi connectivity index (χ1v) is 12.2. The third kappa shape index (κ3) is 5.23. The van der Waals surface area contributed by atoms with Crippen LogP contribution in [0.15, 0.2) is 63.6 Å². The maximum absolute atomic E-state index is 12.9. The van der Waals surface area contributed by atoms with Gasteiger partial charge in [0.1, 0.15) is 17.3 Å². The van der Waals surface area contributed by atoms with Gasteiger partial charge in [-0.05, 0) is 55.0 Å². The molecule has 1 aliphatic rings. The molecule has 0 spiro atoms. The Morgan fingerprint density at radius 2 is 2.03 bits per heavy atom. The summed E-state index contributed by atoms with van der Waals surface area (Å²) < 4.78 is 35.1. The van der Waals surface area contributed by atoms with E-state index in [0.717, 1.165) is 0 Å². The van der Waals surface area contributed by atoms with Gasteiger partial charge in [0, 0.05) is 22.7 Å². The lowest BCUT2D eigenvalue weighted by Crippen LogP contribution is -2.39. The first-order chi connectivity index (χ1) is 14.8. The number of halogens is 2. The number of hydrogen-bond donors (Lipinski definition) is 0. The molecule has 1 atom stereocenters. The smallest absolute Gasteiger partial charge is 0.247 e. The van der Waals surface area contributed by atoms with Crippen LogP contribution in [0.1, 0.15) is 17.9 Å². The molecule has 1 aliphatic heterocycles. The number of sulfone groups is 1. The fraction of sp³-hybridized carbons (Fsp3) is 0.227. The lowest BCUT2D eigenvalue weighted by Gasteiger charge is -2.26. The lowest BCUT2D eigenvalue weighted by molar-refractivity contribution is -0.128. The SMILES string of the molecule is O=C(C=Cc1ccco1)N(Cc1ccc(-c2cc(Cl)ccc2Cl)o1)C1CCS(=O)(=O)C1. The van der Waals surface area contributed by atoms with Gasteiger partial charge in [-0.15, -0.1) is 0 Å². The number of carbonyl (C=O) groups excluding carboxylic acids is 1. The molecule has 6 nitrogen and oxygen atoms in total. The number of carbonyl (C=O) groups is 1. The van der Waals surface area contributed by atoms with Crippen molar-refractivity contribution in [3.63, 3.8) is 0 Å². The molecule has 0 radical (unpaired) electrons. The summed E-state index contributed by atoms with van der Waals surface area (Å²) in [6.45, 7) is 0.125. The van der Waals surface area contributed by atoms with E-state index in [1.54, 1.807) is 48.5 Å². The molecule has 3 aromatic rings. The third-order valence-electron chi connectivity index (χ3n) is 5.05. The van der Waals surface area contributed by atoms with E-state index >= 15 is 0 Å². The fourth-order valence-corrected chi connectivity index (χ4v) is 5.62. The number of benzene rings is 1. The van der Waals surface area contributed by atoms with E-state index < -0.39 is 15.9 Å². The Morgan fingerprint density at radius 3 is 2.74 bits per heavy atom. The molecule has 3 heterocycles. The van der Waals surface area contributed by atoms with Crippen LogP contribution in [0.25, 0.3) is 17.4 Å². The number of hydrogen-bond acceptors (Lipinski definition) is 5. The van der Waals surface area contributed by atoms with Crippen molar-refractivity contribution in [3.8, 4) is 11.3 Å². The topological polar surface area (TPSA) is 80.7 Å². The van der Waals surface area contributed by atoms with Crippen LogP contribution in [-0.4, -0.2) is 36.8 Å². The van der Waals surface area contributed by atoms with Crippen molar-refractivity contribution in [2.24, 2.45) is 0 Å². The minimum Gasteiger partial charge on any atom is -0.465 e. The summed E-state index contributed by atoms with van der Waals surface area (Å²) in [4.78, 5) is 14.5. The highest BCUT2D eigenvalue weighted by Crippen LogP contribution is 2.32. The molecule has 162 valence electrons. The highest BCUT2D eigenvalue weighted by Gasteiger charge is 2.34. The summed E-state index contributed by atoms with van der Waals surface area (Å²) in [6, 6.07) is 11.6. The van der Waals surface area contributed by atoms with Crippen molar-refractivity contribution < 1.29 is 22.0 Å². The normalized spacial score (nSPS) is 17.9. The van der Waals surface area contributed by atoms with Gasteiger partial charge in [0.2, 0.25) is 5.91 Å². The Bertz CT molecular complexity index is 1210.